The second-order valence-corrected chi connectivity index (χ2v) is 6.36. The lowest BCUT2D eigenvalue weighted by Crippen LogP contribution is -2.31. The second-order valence-electron chi connectivity index (χ2n) is 4.35. The Morgan fingerprint density at radius 3 is 2.76 bits per heavy atom. The molecule has 1 aliphatic rings. The zero-order valence-corrected chi connectivity index (χ0v) is 12.4. The molecule has 21 heavy (non-hydrogen) atoms. The minimum atomic E-state index is -3.33. The first-order valence-electron chi connectivity index (χ1n) is 6.04. The topological polar surface area (TPSA) is 88.1 Å². The normalized spacial score (nSPS) is 14.1. The summed E-state index contributed by atoms with van der Waals surface area (Å²) in [6, 6.07) is 3.89. The molecule has 1 heterocycles. The summed E-state index contributed by atoms with van der Waals surface area (Å²) < 4.78 is 28.1. The van der Waals surface area contributed by atoms with Crippen molar-refractivity contribution < 1.29 is 17.9 Å². The van der Waals surface area contributed by atoms with Gasteiger partial charge in [0.2, 0.25) is 0 Å². The first kappa shape index (κ1) is 15.0. The van der Waals surface area contributed by atoms with Gasteiger partial charge in [-0.3, -0.25) is 9.89 Å². The van der Waals surface area contributed by atoms with Crippen LogP contribution in [0.25, 0.3) is 0 Å². The van der Waals surface area contributed by atoms with Crippen LogP contribution in [0, 0.1) is 0 Å². The van der Waals surface area contributed by atoms with Crippen LogP contribution in [-0.2, 0) is 9.84 Å². The van der Waals surface area contributed by atoms with Gasteiger partial charge < -0.3 is 10.1 Å². The van der Waals surface area contributed by atoms with E-state index in [1.165, 1.54) is 30.2 Å². The molecule has 2 amide bonds. The first-order valence-corrected chi connectivity index (χ1v) is 7.93. The summed E-state index contributed by atoms with van der Waals surface area (Å²) in [4.78, 5) is 17.5. The summed E-state index contributed by atoms with van der Waals surface area (Å²) >= 11 is 0. The standard InChI is InChI=1S/C13H15N3O4S/c1-20-12-8-10(21(2,18)19)4-5-11(12)15-13(17)16-7-3-6-14-9-16/h3-8H,9H2,1-2H3,(H,15,17). The molecule has 1 aromatic rings. The highest BCUT2D eigenvalue weighted by atomic mass is 32.2. The van der Waals surface area contributed by atoms with Crippen molar-refractivity contribution in [2.24, 2.45) is 4.99 Å². The van der Waals surface area contributed by atoms with Gasteiger partial charge in [0.25, 0.3) is 0 Å². The first-order chi connectivity index (χ1) is 9.91. The quantitative estimate of drug-likeness (QED) is 0.916. The lowest BCUT2D eigenvalue weighted by molar-refractivity contribution is 0.229. The third kappa shape index (κ3) is 3.60. The number of carbonyl (C=O) groups excluding carboxylic acids is 1. The van der Waals surface area contributed by atoms with Gasteiger partial charge in [0.15, 0.2) is 9.84 Å². The molecule has 7 nitrogen and oxygen atoms in total. The number of nitrogens with one attached hydrogen (secondary N) is 1. The SMILES string of the molecule is COc1cc(S(C)(=O)=O)ccc1NC(=O)N1C=CC=NC1. The van der Waals surface area contributed by atoms with Gasteiger partial charge in [-0.2, -0.15) is 0 Å². The van der Waals surface area contributed by atoms with Crippen molar-refractivity contribution in [3.63, 3.8) is 0 Å². The molecular weight excluding hydrogens is 294 g/mol. The van der Waals surface area contributed by atoms with Crippen molar-refractivity contribution in [2.45, 2.75) is 4.90 Å². The van der Waals surface area contributed by atoms with Crippen molar-refractivity contribution in [2.75, 3.05) is 25.4 Å². The van der Waals surface area contributed by atoms with Gasteiger partial charge in [-0.05, 0) is 18.2 Å². The molecule has 0 atom stereocenters. The van der Waals surface area contributed by atoms with E-state index in [-0.39, 0.29) is 23.3 Å². The van der Waals surface area contributed by atoms with E-state index in [0.717, 1.165) is 6.26 Å². The molecule has 0 aromatic heterocycles. The number of benzene rings is 1. The van der Waals surface area contributed by atoms with Gasteiger partial charge in [0, 0.05) is 24.7 Å². The Labute approximate surface area is 122 Å². The molecule has 1 N–H and O–H groups in total. The van der Waals surface area contributed by atoms with Crippen LogP contribution >= 0.6 is 0 Å². The molecule has 0 aliphatic carbocycles. The molecule has 0 fully saturated rings. The number of allylic oxidation sites excluding steroid dienone is 1. The second kappa shape index (κ2) is 5.96. The molecule has 0 spiro atoms. The number of sulfone groups is 1. The average Bonchev–Trinajstić information content (AvgIpc) is 2.47. The van der Waals surface area contributed by atoms with Gasteiger partial charge in [-0.1, -0.05) is 0 Å². The van der Waals surface area contributed by atoms with Crippen molar-refractivity contribution >= 4 is 27.8 Å². The van der Waals surface area contributed by atoms with Gasteiger partial charge in [0.05, 0.1) is 17.7 Å². The summed E-state index contributed by atoms with van der Waals surface area (Å²) in [5.74, 6) is 0.274. The number of amides is 2. The molecule has 1 aliphatic heterocycles. The molecule has 1 aromatic carbocycles. The predicted molar refractivity (Wildman–Crippen MR) is 79.5 cm³/mol. The van der Waals surface area contributed by atoms with Crippen molar-refractivity contribution in [3.05, 3.63) is 30.5 Å². The van der Waals surface area contributed by atoms with E-state index in [1.54, 1.807) is 18.5 Å². The van der Waals surface area contributed by atoms with Crippen LogP contribution in [0.3, 0.4) is 0 Å². The smallest absolute Gasteiger partial charge is 0.327 e. The van der Waals surface area contributed by atoms with E-state index in [1.807, 2.05) is 0 Å². The maximum absolute atomic E-state index is 12.0. The maximum Gasteiger partial charge on any atom is 0.327 e. The third-order valence-corrected chi connectivity index (χ3v) is 3.91. The zero-order valence-electron chi connectivity index (χ0n) is 11.6. The lowest BCUT2D eigenvalue weighted by Gasteiger charge is -2.19. The third-order valence-electron chi connectivity index (χ3n) is 2.80. The van der Waals surface area contributed by atoms with Crippen LogP contribution in [0.1, 0.15) is 0 Å². The van der Waals surface area contributed by atoms with E-state index in [4.69, 9.17) is 4.74 Å². The van der Waals surface area contributed by atoms with Crippen LogP contribution in [0.5, 0.6) is 5.75 Å². The molecule has 0 bridgehead atoms. The van der Waals surface area contributed by atoms with Gasteiger partial charge >= 0.3 is 6.03 Å². The number of ether oxygens (including phenoxy) is 1. The predicted octanol–water partition coefficient (Wildman–Crippen LogP) is 1.49. The van der Waals surface area contributed by atoms with Crippen molar-refractivity contribution in [3.8, 4) is 5.75 Å². The average molecular weight is 309 g/mol. The molecule has 8 heteroatoms. The van der Waals surface area contributed by atoms with E-state index in [0.29, 0.717) is 5.69 Å². The molecule has 2 rings (SSSR count). The van der Waals surface area contributed by atoms with E-state index in [2.05, 4.69) is 10.3 Å². The fourth-order valence-electron chi connectivity index (χ4n) is 1.71. The van der Waals surface area contributed by atoms with E-state index in [9.17, 15) is 13.2 Å². The molecule has 0 saturated heterocycles. The fraction of sp³-hybridized carbons (Fsp3) is 0.231. The number of carbonyl (C=O) groups is 1. The van der Waals surface area contributed by atoms with Crippen LogP contribution in [0.4, 0.5) is 10.5 Å². The van der Waals surface area contributed by atoms with Crippen LogP contribution in [0.2, 0.25) is 0 Å². The maximum atomic E-state index is 12.0. The number of hydrogen-bond acceptors (Lipinski definition) is 5. The number of urea groups is 1. The monoisotopic (exact) mass is 309 g/mol. The van der Waals surface area contributed by atoms with Crippen LogP contribution in [0.15, 0.2) is 40.4 Å². The van der Waals surface area contributed by atoms with Gasteiger partial charge in [-0.25, -0.2) is 13.2 Å². The Hall–Kier alpha value is -2.35. The highest BCUT2D eigenvalue weighted by Crippen LogP contribution is 2.27. The molecule has 0 saturated carbocycles. The molecular formula is C13H15N3O4S. The largest absolute Gasteiger partial charge is 0.495 e. The fourth-order valence-corrected chi connectivity index (χ4v) is 2.35. The van der Waals surface area contributed by atoms with Gasteiger partial charge in [-0.15, -0.1) is 0 Å². The Balaban J connectivity index is 2.22. The van der Waals surface area contributed by atoms with Gasteiger partial charge in [0.1, 0.15) is 12.4 Å². The van der Waals surface area contributed by atoms with Crippen LogP contribution in [-0.4, -0.2) is 45.6 Å². The molecule has 0 unspecified atom stereocenters. The summed E-state index contributed by atoms with van der Waals surface area (Å²) in [6.07, 6.45) is 5.95. The Morgan fingerprint density at radius 2 is 2.19 bits per heavy atom. The van der Waals surface area contributed by atoms with E-state index < -0.39 is 9.84 Å². The number of aliphatic imine (C=N–C) groups is 1. The molecule has 0 radical (unpaired) electrons. The number of hydrogen-bond donors (Lipinski definition) is 1. The summed E-state index contributed by atoms with van der Waals surface area (Å²) in [7, 11) is -1.93. The Kier molecular flexibility index (Phi) is 4.27. The van der Waals surface area contributed by atoms with Crippen molar-refractivity contribution in [1.82, 2.24) is 4.90 Å². The highest BCUT2D eigenvalue weighted by molar-refractivity contribution is 7.90. The van der Waals surface area contributed by atoms with Crippen molar-refractivity contribution in [1.29, 1.82) is 0 Å². The number of anilines is 1. The minimum absolute atomic E-state index is 0.125. The molecule has 112 valence electrons. The number of methoxy groups -OCH3 is 1. The minimum Gasteiger partial charge on any atom is -0.495 e. The van der Waals surface area contributed by atoms with E-state index >= 15 is 0 Å². The summed E-state index contributed by atoms with van der Waals surface area (Å²) in [6.45, 7) is 0.228. The van der Waals surface area contributed by atoms with Crippen LogP contribution < -0.4 is 10.1 Å². The summed E-state index contributed by atoms with van der Waals surface area (Å²) in [5.41, 5.74) is 0.387. The number of rotatable bonds is 3. The Bertz CT molecular complexity index is 710. The number of nitrogens with zero attached hydrogens (tertiary/aromatic N) is 2. The Morgan fingerprint density at radius 1 is 1.43 bits per heavy atom. The summed E-state index contributed by atoms with van der Waals surface area (Å²) in [5, 5.41) is 2.65. The zero-order chi connectivity index (χ0) is 15.5. The highest BCUT2D eigenvalue weighted by Gasteiger charge is 2.16. The lowest BCUT2D eigenvalue weighted by atomic mass is 10.3.